The number of phosphoric acid groups is 2. The lowest BCUT2D eigenvalue weighted by Crippen LogP contribution is -2.03. The van der Waals surface area contributed by atoms with Crippen molar-refractivity contribution in [3.05, 3.63) is 0 Å². The Kier molecular flexibility index (Phi) is 6.13. The van der Waals surface area contributed by atoms with E-state index in [1.54, 1.807) is 6.92 Å². The van der Waals surface area contributed by atoms with Crippen molar-refractivity contribution < 1.29 is 37.0 Å². The van der Waals surface area contributed by atoms with E-state index in [1.807, 2.05) is 0 Å². The molecular weight excluding hydrogens is 253 g/mol. The van der Waals surface area contributed by atoms with Crippen LogP contribution in [0.4, 0.5) is 4.39 Å². The molecule has 0 aliphatic carbocycles. The Hall–Kier alpha value is 0.190. The minimum Gasteiger partial charge on any atom is -0.302 e. The zero-order valence-corrected chi connectivity index (χ0v) is 9.73. The van der Waals surface area contributed by atoms with E-state index in [4.69, 9.17) is 14.7 Å². The first-order valence-corrected chi connectivity index (χ1v) is 6.99. The lowest BCUT2D eigenvalue weighted by atomic mass is 10.1. The highest BCUT2D eigenvalue weighted by Crippen LogP contribution is 2.57. The maximum Gasteiger partial charge on any atom is 0.481 e. The fraction of sp³-hybridized carbons (Fsp3) is 1.00. The molecule has 7 nitrogen and oxygen atoms in total. The average Bonchev–Trinajstić information content (AvgIpc) is 1.98. The van der Waals surface area contributed by atoms with Crippen LogP contribution in [-0.2, 0) is 18.0 Å². The molecule has 0 aliphatic rings. The zero-order valence-electron chi connectivity index (χ0n) is 7.95. The number of rotatable bonds is 7. The maximum atomic E-state index is 11.9. The minimum atomic E-state index is -5.07. The van der Waals surface area contributed by atoms with Crippen molar-refractivity contribution in [3.63, 3.8) is 0 Å². The highest BCUT2D eigenvalue weighted by molar-refractivity contribution is 7.60. The highest BCUT2D eigenvalue weighted by atomic mass is 31.3. The molecule has 0 aromatic heterocycles. The van der Waals surface area contributed by atoms with Gasteiger partial charge < -0.3 is 14.7 Å². The normalized spacial score (nSPS) is 18.5. The van der Waals surface area contributed by atoms with Crippen LogP contribution < -0.4 is 0 Å². The predicted molar refractivity (Wildman–Crippen MR) is 48.7 cm³/mol. The fourth-order valence-electron chi connectivity index (χ4n) is 0.604. The van der Waals surface area contributed by atoms with Crippen LogP contribution in [0.3, 0.4) is 0 Å². The van der Waals surface area contributed by atoms with Gasteiger partial charge in [-0.1, -0.05) is 6.92 Å². The summed E-state index contributed by atoms with van der Waals surface area (Å²) in [6, 6.07) is 0. The Morgan fingerprint density at radius 1 is 1.33 bits per heavy atom. The third-order valence-corrected chi connectivity index (χ3v) is 3.52. The molecule has 0 spiro atoms. The quantitative estimate of drug-likeness (QED) is 0.593. The molecule has 2 atom stereocenters. The minimum absolute atomic E-state index is 0.144. The van der Waals surface area contributed by atoms with Crippen LogP contribution in [0.1, 0.15) is 13.3 Å². The Bertz CT molecular complexity index is 277. The highest BCUT2D eigenvalue weighted by Gasteiger charge is 2.32. The second-order valence-corrected chi connectivity index (χ2v) is 5.75. The van der Waals surface area contributed by atoms with Gasteiger partial charge in [0.1, 0.15) is 0 Å². The van der Waals surface area contributed by atoms with Crippen molar-refractivity contribution >= 4 is 15.6 Å². The topological polar surface area (TPSA) is 113 Å². The number of phosphoric ester groups is 1. The van der Waals surface area contributed by atoms with E-state index in [0.29, 0.717) is 0 Å². The molecule has 3 N–H and O–H groups in total. The summed E-state index contributed by atoms with van der Waals surface area (Å²) in [6.45, 7) is 0.618. The van der Waals surface area contributed by atoms with Crippen molar-refractivity contribution in [2.45, 2.75) is 13.3 Å². The molecule has 0 fully saturated rings. The van der Waals surface area contributed by atoms with Gasteiger partial charge >= 0.3 is 15.6 Å². The third kappa shape index (κ3) is 9.14. The van der Waals surface area contributed by atoms with Crippen molar-refractivity contribution in [3.8, 4) is 0 Å². The van der Waals surface area contributed by atoms with E-state index in [2.05, 4.69) is 8.83 Å². The Labute approximate surface area is 86.1 Å². The van der Waals surface area contributed by atoms with E-state index in [0.717, 1.165) is 0 Å². The van der Waals surface area contributed by atoms with Crippen LogP contribution in [0, 0.1) is 5.92 Å². The summed E-state index contributed by atoms with van der Waals surface area (Å²) >= 11 is 0. The number of hydrogen-bond donors (Lipinski definition) is 3. The summed E-state index contributed by atoms with van der Waals surface area (Å²) in [5.41, 5.74) is 0. The van der Waals surface area contributed by atoms with Crippen LogP contribution >= 0.6 is 15.6 Å². The molecule has 15 heavy (non-hydrogen) atoms. The van der Waals surface area contributed by atoms with Gasteiger partial charge in [-0.05, 0) is 12.3 Å². The van der Waals surface area contributed by atoms with Gasteiger partial charge in [-0.15, -0.1) is 0 Å². The summed E-state index contributed by atoms with van der Waals surface area (Å²) in [5.74, 6) is -0.361. The molecule has 0 amide bonds. The van der Waals surface area contributed by atoms with Crippen molar-refractivity contribution in [2.24, 2.45) is 5.92 Å². The van der Waals surface area contributed by atoms with Gasteiger partial charge in [0.2, 0.25) is 0 Å². The van der Waals surface area contributed by atoms with Gasteiger partial charge in [-0.2, -0.15) is 4.31 Å². The summed E-state index contributed by atoms with van der Waals surface area (Å²) in [4.78, 5) is 25.2. The van der Waals surface area contributed by atoms with Crippen molar-refractivity contribution in [1.29, 1.82) is 0 Å². The Morgan fingerprint density at radius 2 is 1.87 bits per heavy atom. The molecule has 0 rings (SSSR count). The Morgan fingerprint density at radius 3 is 2.27 bits per heavy atom. The van der Waals surface area contributed by atoms with Gasteiger partial charge in [-0.25, -0.2) is 9.13 Å². The first kappa shape index (κ1) is 15.2. The molecule has 2 unspecified atom stereocenters. The van der Waals surface area contributed by atoms with Crippen molar-refractivity contribution in [2.75, 3.05) is 13.3 Å². The zero-order chi connectivity index (χ0) is 12.1. The molecule has 0 aromatic carbocycles. The predicted octanol–water partition coefficient (Wildman–Crippen LogP) is 1.21. The molecule has 0 bridgehead atoms. The lowest BCUT2D eigenvalue weighted by molar-refractivity contribution is 0.167. The summed E-state index contributed by atoms with van der Waals surface area (Å²) in [7, 11) is -9.84. The van der Waals surface area contributed by atoms with Gasteiger partial charge in [0.15, 0.2) is 0 Å². The smallest absolute Gasteiger partial charge is 0.302 e. The Balaban J connectivity index is 3.95. The van der Waals surface area contributed by atoms with Gasteiger partial charge in [0, 0.05) is 0 Å². The van der Waals surface area contributed by atoms with Crippen LogP contribution in [0.5, 0.6) is 0 Å². The molecular formula is C5H13FO7P2. The van der Waals surface area contributed by atoms with E-state index < -0.39 is 22.3 Å². The number of alkyl halides is 1. The fourth-order valence-corrected chi connectivity index (χ4v) is 2.20. The SMILES string of the molecule is CC(CF)CCOP(=O)(O)OP(=O)(O)O. The van der Waals surface area contributed by atoms with Crippen LogP contribution in [0.2, 0.25) is 0 Å². The lowest BCUT2D eigenvalue weighted by Gasteiger charge is -2.13. The van der Waals surface area contributed by atoms with E-state index >= 15 is 0 Å². The molecule has 0 saturated heterocycles. The van der Waals surface area contributed by atoms with E-state index in [-0.39, 0.29) is 18.9 Å². The monoisotopic (exact) mass is 266 g/mol. The van der Waals surface area contributed by atoms with Crippen LogP contribution in [-0.4, -0.2) is 28.0 Å². The van der Waals surface area contributed by atoms with Gasteiger partial charge in [-0.3, -0.25) is 8.91 Å². The van der Waals surface area contributed by atoms with Gasteiger partial charge in [0.05, 0.1) is 13.3 Å². The first-order valence-electron chi connectivity index (χ1n) is 3.96. The van der Waals surface area contributed by atoms with E-state index in [1.165, 1.54) is 0 Å². The molecule has 0 aliphatic heterocycles. The second kappa shape index (κ2) is 6.06. The average molecular weight is 266 g/mol. The first-order chi connectivity index (χ1) is 6.66. The molecule has 92 valence electrons. The van der Waals surface area contributed by atoms with Crippen LogP contribution in [0.15, 0.2) is 0 Å². The summed E-state index contributed by atoms with van der Waals surface area (Å²) in [6.07, 6.45) is 0.144. The maximum absolute atomic E-state index is 11.9. The van der Waals surface area contributed by atoms with E-state index in [9.17, 15) is 13.5 Å². The largest absolute Gasteiger partial charge is 0.481 e. The molecule has 0 radical (unpaired) electrons. The van der Waals surface area contributed by atoms with Gasteiger partial charge in [0.25, 0.3) is 0 Å². The molecule has 0 saturated carbocycles. The number of hydrogen-bond acceptors (Lipinski definition) is 4. The number of halogens is 1. The van der Waals surface area contributed by atoms with Crippen molar-refractivity contribution in [1.82, 2.24) is 0 Å². The summed E-state index contributed by atoms with van der Waals surface area (Å²) < 4.78 is 40.7. The van der Waals surface area contributed by atoms with Crippen LogP contribution in [0.25, 0.3) is 0 Å². The second-order valence-electron chi connectivity index (χ2n) is 2.92. The molecule has 0 aromatic rings. The summed E-state index contributed by atoms with van der Waals surface area (Å²) in [5, 5.41) is 0. The third-order valence-electron chi connectivity index (χ3n) is 1.34. The standard InChI is InChI=1S/C5H13FO7P2/c1-5(4-6)2-3-12-15(10,11)13-14(7,8)9/h5H,2-4H2,1H3,(H,10,11)(H2,7,8,9). The molecule has 0 heterocycles. The molecule has 10 heteroatoms.